The summed E-state index contributed by atoms with van der Waals surface area (Å²) in [7, 11) is 0. The maximum Gasteiger partial charge on any atom is 0.229 e. The molecule has 0 spiro atoms. The summed E-state index contributed by atoms with van der Waals surface area (Å²) in [5.74, 6) is 1.83. The Morgan fingerprint density at radius 3 is 2.53 bits per heavy atom. The molecule has 6 nitrogen and oxygen atoms in total. The Hall–Kier alpha value is -3.45. The van der Waals surface area contributed by atoms with Crippen LogP contribution in [0.15, 0.2) is 85.1 Å². The van der Waals surface area contributed by atoms with Crippen molar-refractivity contribution in [3.63, 3.8) is 0 Å². The number of piperidine rings is 1. The maximum absolute atomic E-state index is 6.56. The molecule has 3 unspecified atom stereocenters. The lowest BCUT2D eigenvalue weighted by Gasteiger charge is -2.37. The molecule has 1 fully saturated rings. The van der Waals surface area contributed by atoms with Crippen molar-refractivity contribution in [3.8, 4) is 11.1 Å². The van der Waals surface area contributed by atoms with Crippen molar-refractivity contribution >= 4 is 34.7 Å². The van der Waals surface area contributed by atoms with E-state index in [1.54, 1.807) is 6.20 Å². The first kappa shape index (κ1) is 26.2. The van der Waals surface area contributed by atoms with E-state index < -0.39 is 0 Å². The molecule has 196 valence electrons. The largest absolute Gasteiger partial charge is 0.361 e. The van der Waals surface area contributed by atoms with Crippen LogP contribution < -0.4 is 16.0 Å². The molecule has 1 aliphatic heterocycles. The number of hydrogen-bond acceptors (Lipinski definition) is 6. The van der Waals surface area contributed by atoms with E-state index >= 15 is 0 Å². The molecule has 7 heteroatoms. The molecule has 0 bridgehead atoms. The van der Waals surface area contributed by atoms with Crippen molar-refractivity contribution < 1.29 is 4.74 Å². The van der Waals surface area contributed by atoms with Crippen molar-refractivity contribution in [2.45, 2.75) is 45.4 Å². The lowest BCUT2D eigenvalue weighted by Crippen LogP contribution is -2.44. The second-order valence-corrected chi connectivity index (χ2v) is 10.5. The third-order valence-corrected chi connectivity index (χ3v) is 7.12. The van der Waals surface area contributed by atoms with Gasteiger partial charge in [-0.2, -0.15) is 4.98 Å². The van der Waals surface area contributed by atoms with Crippen LogP contribution in [0, 0.1) is 5.92 Å². The van der Waals surface area contributed by atoms with E-state index in [0.717, 1.165) is 35.5 Å². The topological polar surface area (TPSA) is 71.1 Å². The zero-order valence-corrected chi connectivity index (χ0v) is 22.7. The molecule has 1 aliphatic rings. The highest BCUT2D eigenvalue weighted by Crippen LogP contribution is 2.38. The summed E-state index contributed by atoms with van der Waals surface area (Å²) in [5.41, 5.74) is 5.40. The first-order valence-electron chi connectivity index (χ1n) is 13.2. The van der Waals surface area contributed by atoms with Crippen LogP contribution in [-0.4, -0.2) is 28.8 Å². The Bertz CT molecular complexity index is 1360. The Kier molecular flexibility index (Phi) is 8.23. The van der Waals surface area contributed by atoms with E-state index in [-0.39, 0.29) is 12.3 Å². The summed E-state index contributed by atoms with van der Waals surface area (Å²) in [6, 6.07) is 26.9. The van der Waals surface area contributed by atoms with Crippen LogP contribution in [0.25, 0.3) is 11.1 Å². The highest BCUT2D eigenvalue weighted by Gasteiger charge is 2.31. The number of nitrogens with zero attached hydrogens (tertiary/aromatic N) is 2. The molecule has 0 aliphatic carbocycles. The lowest BCUT2D eigenvalue weighted by atomic mass is 9.81. The molecule has 38 heavy (non-hydrogen) atoms. The highest BCUT2D eigenvalue weighted by molar-refractivity contribution is 6.32. The van der Waals surface area contributed by atoms with Crippen molar-refractivity contribution in [2.24, 2.45) is 5.92 Å². The van der Waals surface area contributed by atoms with Crippen LogP contribution in [0.1, 0.15) is 38.7 Å². The Balaban J connectivity index is 1.37. The normalized spacial score (nSPS) is 19.3. The van der Waals surface area contributed by atoms with Crippen LogP contribution in [0.4, 0.5) is 23.1 Å². The van der Waals surface area contributed by atoms with E-state index in [2.05, 4.69) is 84.2 Å². The van der Waals surface area contributed by atoms with Crippen LogP contribution in [0.5, 0.6) is 0 Å². The fourth-order valence-electron chi connectivity index (χ4n) is 4.98. The van der Waals surface area contributed by atoms with Gasteiger partial charge < -0.3 is 15.4 Å². The molecule has 1 saturated heterocycles. The number of halogens is 1. The third-order valence-electron chi connectivity index (χ3n) is 6.84. The average molecular weight is 528 g/mol. The third kappa shape index (κ3) is 6.33. The summed E-state index contributed by atoms with van der Waals surface area (Å²) in [6.45, 7) is 7.33. The number of nitrogens with one attached hydrogen (secondary N) is 3. The second kappa shape index (κ2) is 11.9. The van der Waals surface area contributed by atoms with Crippen LogP contribution in [-0.2, 0) is 4.74 Å². The number of anilines is 4. The molecule has 5 rings (SSSR count). The van der Waals surface area contributed by atoms with Crippen LogP contribution in [0.2, 0.25) is 5.02 Å². The predicted octanol–water partition coefficient (Wildman–Crippen LogP) is 7.75. The van der Waals surface area contributed by atoms with E-state index in [4.69, 9.17) is 21.3 Å². The standard InChI is InChI=1S/C31H34ClN5O/c1-20(2)38-29-17-26(21(3)18-33-29)25-14-7-8-15-28(25)36-30-27(32)19-34-31(37-30)35-24-13-9-12-23(16-24)22-10-5-4-6-11-22/h4-16,19-21,26,29,33H,17-18H2,1-3H3,(H2,34,35,36,37). The van der Waals surface area contributed by atoms with Crippen LogP contribution in [0.3, 0.4) is 0 Å². The van der Waals surface area contributed by atoms with E-state index in [9.17, 15) is 0 Å². The summed E-state index contributed by atoms with van der Waals surface area (Å²) in [4.78, 5) is 9.14. The maximum atomic E-state index is 6.56. The van der Waals surface area contributed by atoms with Crippen LogP contribution >= 0.6 is 11.6 Å². The summed E-state index contributed by atoms with van der Waals surface area (Å²) < 4.78 is 6.10. The van der Waals surface area contributed by atoms with Gasteiger partial charge in [-0.1, -0.05) is 79.2 Å². The molecule has 3 aromatic carbocycles. The fraction of sp³-hybridized carbons (Fsp3) is 0.290. The molecule has 3 atom stereocenters. The number of aromatic nitrogens is 2. The summed E-state index contributed by atoms with van der Waals surface area (Å²) >= 11 is 6.56. The van der Waals surface area contributed by atoms with Gasteiger partial charge in [0.1, 0.15) is 11.3 Å². The van der Waals surface area contributed by atoms with Gasteiger partial charge in [-0.15, -0.1) is 0 Å². The summed E-state index contributed by atoms with van der Waals surface area (Å²) in [5, 5.41) is 10.8. The van der Waals surface area contributed by atoms with Crippen molar-refractivity contribution in [1.82, 2.24) is 15.3 Å². The van der Waals surface area contributed by atoms with Gasteiger partial charge >= 0.3 is 0 Å². The molecule has 0 saturated carbocycles. The van der Waals surface area contributed by atoms with E-state index in [1.165, 1.54) is 5.56 Å². The molecule has 1 aromatic heterocycles. The van der Waals surface area contributed by atoms with Gasteiger partial charge in [0.25, 0.3) is 0 Å². The van der Waals surface area contributed by atoms with Crippen molar-refractivity contribution in [3.05, 3.63) is 95.6 Å². The second-order valence-electron chi connectivity index (χ2n) is 10.1. The van der Waals surface area contributed by atoms with E-state index in [0.29, 0.717) is 28.6 Å². The minimum atomic E-state index is 0.0364. The number of hydrogen-bond donors (Lipinski definition) is 3. The lowest BCUT2D eigenvalue weighted by molar-refractivity contribution is -0.0376. The van der Waals surface area contributed by atoms with Gasteiger partial charge in [-0.25, -0.2) is 4.98 Å². The molecule has 2 heterocycles. The number of benzene rings is 3. The fourth-order valence-corrected chi connectivity index (χ4v) is 5.12. The molecule has 4 aromatic rings. The van der Waals surface area contributed by atoms with E-state index in [1.807, 2.05) is 36.4 Å². The highest BCUT2D eigenvalue weighted by atomic mass is 35.5. The van der Waals surface area contributed by atoms with Gasteiger partial charge in [0.05, 0.1) is 12.3 Å². The quantitative estimate of drug-likeness (QED) is 0.217. The van der Waals surface area contributed by atoms with Crippen molar-refractivity contribution in [1.29, 1.82) is 0 Å². The minimum absolute atomic E-state index is 0.0364. The van der Waals surface area contributed by atoms with Gasteiger partial charge in [-0.3, -0.25) is 5.32 Å². The van der Waals surface area contributed by atoms with Gasteiger partial charge in [0.15, 0.2) is 5.82 Å². The minimum Gasteiger partial charge on any atom is -0.361 e. The summed E-state index contributed by atoms with van der Waals surface area (Å²) in [6.07, 6.45) is 2.74. The smallest absolute Gasteiger partial charge is 0.229 e. The molecule has 3 N–H and O–H groups in total. The first-order chi connectivity index (χ1) is 18.5. The average Bonchev–Trinajstić information content (AvgIpc) is 2.92. The Labute approximate surface area is 229 Å². The zero-order chi connectivity index (χ0) is 26.5. The monoisotopic (exact) mass is 527 g/mol. The number of para-hydroxylation sites is 1. The zero-order valence-electron chi connectivity index (χ0n) is 22.0. The number of rotatable bonds is 8. The molecular formula is C31H34ClN5O. The number of ether oxygens (including phenoxy) is 1. The Morgan fingerprint density at radius 2 is 1.71 bits per heavy atom. The van der Waals surface area contributed by atoms with Crippen molar-refractivity contribution in [2.75, 3.05) is 17.2 Å². The molecule has 0 radical (unpaired) electrons. The SMILES string of the molecule is CC(C)OC1CC(c2ccccc2Nc2nc(Nc3cccc(-c4ccccc4)c3)ncc2Cl)C(C)CN1. The predicted molar refractivity (Wildman–Crippen MR) is 156 cm³/mol. The molecular weight excluding hydrogens is 494 g/mol. The first-order valence-corrected chi connectivity index (χ1v) is 13.5. The van der Waals surface area contributed by atoms with Gasteiger partial charge in [0, 0.05) is 17.9 Å². The Morgan fingerprint density at radius 1 is 0.947 bits per heavy atom. The van der Waals surface area contributed by atoms with Gasteiger partial charge in [0.2, 0.25) is 5.95 Å². The van der Waals surface area contributed by atoms with Gasteiger partial charge in [-0.05, 0) is 67.0 Å². The molecule has 0 amide bonds.